The normalized spacial score (nSPS) is 10.2. The summed E-state index contributed by atoms with van der Waals surface area (Å²) in [7, 11) is 0. The predicted molar refractivity (Wildman–Crippen MR) is 50.5 cm³/mol. The lowest BCUT2D eigenvalue weighted by molar-refractivity contribution is 1.05. The summed E-state index contributed by atoms with van der Waals surface area (Å²) in [5, 5.41) is 3.67. The van der Waals surface area contributed by atoms with Crippen LogP contribution in [0.1, 0.15) is 0 Å². The van der Waals surface area contributed by atoms with E-state index in [1.165, 1.54) is 11.5 Å². The van der Waals surface area contributed by atoms with E-state index in [1.807, 2.05) is 0 Å². The zero-order chi connectivity index (χ0) is 9.26. The van der Waals surface area contributed by atoms with E-state index in [-0.39, 0.29) is 10.7 Å². The SMILES string of the molecule is Nc1nc(=S)nc(-c2cnns2)[nH]1. The van der Waals surface area contributed by atoms with E-state index >= 15 is 0 Å². The Kier molecular flexibility index (Phi) is 1.99. The molecule has 2 aromatic rings. The number of hydrogen-bond acceptors (Lipinski definition) is 7. The third kappa shape index (κ3) is 1.68. The lowest BCUT2D eigenvalue weighted by Crippen LogP contribution is -1.98. The Morgan fingerprint density at radius 1 is 1.46 bits per heavy atom. The topological polar surface area (TPSA) is 93.4 Å². The highest BCUT2D eigenvalue weighted by Crippen LogP contribution is 2.16. The van der Waals surface area contributed by atoms with Gasteiger partial charge in [0.15, 0.2) is 5.82 Å². The Bertz CT molecular complexity index is 460. The molecule has 8 heteroatoms. The zero-order valence-electron chi connectivity index (χ0n) is 6.26. The number of hydrogen-bond donors (Lipinski definition) is 2. The van der Waals surface area contributed by atoms with Gasteiger partial charge in [-0.15, -0.1) is 5.10 Å². The summed E-state index contributed by atoms with van der Waals surface area (Å²) in [5.74, 6) is 0.788. The summed E-state index contributed by atoms with van der Waals surface area (Å²) in [5.41, 5.74) is 5.46. The third-order valence-corrected chi connectivity index (χ3v) is 2.12. The largest absolute Gasteiger partial charge is 0.369 e. The second kappa shape index (κ2) is 3.15. The van der Waals surface area contributed by atoms with Crippen molar-refractivity contribution in [1.82, 2.24) is 24.5 Å². The maximum atomic E-state index is 5.46. The minimum atomic E-state index is 0.208. The smallest absolute Gasteiger partial charge is 0.224 e. The van der Waals surface area contributed by atoms with E-state index in [4.69, 9.17) is 18.0 Å². The number of H-pyrrole nitrogens is 1. The molecule has 2 rings (SSSR count). The van der Waals surface area contributed by atoms with Crippen molar-refractivity contribution in [1.29, 1.82) is 0 Å². The molecule has 0 atom stereocenters. The zero-order valence-corrected chi connectivity index (χ0v) is 7.89. The first-order chi connectivity index (χ1) is 6.25. The van der Waals surface area contributed by atoms with Crippen molar-refractivity contribution in [3.05, 3.63) is 11.0 Å². The number of nitrogens with two attached hydrogens (primary N) is 1. The van der Waals surface area contributed by atoms with Gasteiger partial charge >= 0.3 is 0 Å². The molecule has 0 aromatic carbocycles. The van der Waals surface area contributed by atoms with Crippen LogP contribution in [-0.4, -0.2) is 24.5 Å². The summed E-state index contributed by atoms with van der Waals surface area (Å²) in [4.78, 5) is 11.3. The van der Waals surface area contributed by atoms with Gasteiger partial charge in [-0.2, -0.15) is 9.97 Å². The lowest BCUT2D eigenvalue weighted by Gasteiger charge is -1.96. The van der Waals surface area contributed by atoms with Crippen LogP contribution in [0.4, 0.5) is 5.95 Å². The predicted octanol–water partition coefficient (Wildman–Crippen LogP) is 0.635. The van der Waals surface area contributed by atoms with E-state index in [2.05, 4.69) is 24.5 Å². The molecule has 6 nitrogen and oxygen atoms in total. The maximum Gasteiger partial charge on any atom is 0.224 e. The highest BCUT2D eigenvalue weighted by molar-refractivity contribution is 7.71. The number of anilines is 1. The number of nitrogens with one attached hydrogen (secondary N) is 1. The molecule has 0 radical (unpaired) electrons. The van der Waals surface area contributed by atoms with Gasteiger partial charge in [0.2, 0.25) is 10.7 Å². The van der Waals surface area contributed by atoms with Gasteiger partial charge in [-0.05, 0) is 23.8 Å². The van der Waals surface area contributed by atoms with Gasteiger partial charge in [-0.3, -0.25) is 0 Å². The molecule has 13 heavy (non-hydrogen) atoms. The first-order valence-electron chi connectivity index (χ1n) is 3.27. The van der Waals surface area contributed by atoms with E-state index in [0.717, 1.165) is 4.88 Å². The van der Waals surface area contributed by atoms with Gasteiger partial charge in [-0.1, -0.05) is 4.49 Å². The molecule has 0 bridgehead atoms. The Labute approximate surface area is 82.0 Å². The summed E-state index contributed by atoms with van der Waals surface area (Å²) < 4.78 is 3.90. The number of rotatable bonds is 1. The van der Waals surface area contributed by atoms with Crippen LogP contribution in [0.5, 0.6) is 0 Å². The average molecular weight is 212 g/mol. The van der Waals surface area contributed by atoms with Crippen LogP contribution in [0, 0.1) is 4.77 Å². The fourth-order valence-electron chi connectivity index (χ4n) is 0.789. The molecule has 0 spiro atoms. The molecule has 0 aliphatic rings. The molecular formula is C5H4N6S2. The molecule has 66 valence electrons. The number of aromatic amines is 1. The molecule has 2 aromatic heterocycles. The second-order valence-electron chi connectivity index (χ2n) is 2.15. The van der Waals surface area contributed by atoms with Gasteiger partial charge in [0.05, 0.1) is 6.20 Å². The Balaban J connectivity index is 2.59. The van der Waals surface area contributed by atoms with Crippen molar-refractivity contribution in [3.8, 4) is 10.7 Å². The van der Waals surface area contributed by atoms with Crippen LogP contribution in [0.3, 0.4) is 0 Å². The summed E-state index contributed by atoms with van der Waals surface area (Å²) in [6.45, 7) is 0. The molecule has 0 unspecified atom stereocenters. The number of nitrogen functional groups attached to an aromatic ring is 1. The average Bonchev–Trinajstić information content (AvgIpc) is 2.53. The van der Waals surface area contributed by atoms with Gasteiger partial charge < -0.3 is 10.7 Å². The van der Waals surface area contributed by atoms with Gasteiger partial charge in [0.25, 0.3) is 0 Å². The van der Waals surface area contributed by atoms with E-state index in [9.17, 15) is 0 Å². The van der Waals surface area contributed by atoms with Crippen molar-refractivity contribution < 1.29 is 0 Å². The van der Waals surface area contributed by atoms with E-state index in [1.54, 1.807) is 6.20 Å². The summed E-state index contributed by atoms with van der Waals surface area (Å²) >= 11 is 6.01. The Morgan fingerprint density at radius 3 is 2.92 bits per heavy atom. The van der Waals surface area contributed by atoms with Crippen LogP contribution in [0.25, 0.3) is 10.7 Å². The lowest BCUT2D eigenvalue weighted by atomic mass is 10.5. The summed E-state index contributed by atoms with van der Waals surface area (Å²) in [6, 6.07) is 0. The standard InChI is InChI=1S/C5H4N6S2/c6-4-8-3(9-5(12)10-4)2-1-7-11-13-2/h1H,(H3,6,8,9,10,12). The fourth-order valence-corrected chi connectivity index (χ4v) is 1.44. The maximum absolute atomic E-state index is 5.46. The highest BCUT2D eigenvalue weighted by Gasteiger charge is 2.03. The molecular weight excluding hydrogens is 208 g/mol. The minimum Gasteiger partial charge on any atom is -0.369 e. The number of aromatic nitrogens is 5. The van der Waals surface area contributed by atoms with Crippen molar-refractivity contribution in [2.75, 3.05) is 5.73 Å². The van der Waals surface area contributed by atoms with Gasteiger partial charge in [0.1, 0.15) is 4.88 Å². The molecule has 0 saturated heterocycles. The highest BCUT2D eigenvalue weighted by atomic mass is 32.1. The monoisotopic (exact) mass is 212 g/mol. The molecule has 3 N–H and O–H groups in total. The first-order valence-corrected chi connectivity index (χ1v) is 4.45. The van der Waals surface area contributed by atoms with E-state index in [0.29, 0.717) is 5.82 Å². The quantitative estimate of drug-likeness (QED) is 0.673. The second-order valence-corrected chi connectivity index (χ2v) is 3.30. The van der Waals surface area contributed by atoms with Gasteiger partial charge in [-0.25, -0.2) is 0 Å². The van der Waals surface area contributed by atoms with Crippen LogP contribution >= 0.6 is 23.8 Å². The van der Waals surface area contributed by atoms with Crippen LogP contribution < -0.4 is 5.73 Å². The Morgan fingerprint density at radius 2 is 2.31 bits per heavy atom. The van der Waals surface area contributed by atoms with Crippen LogP contribution in [-0.2, 0) is 0 Å². The van der Waals surface area contributed by atoms with E-state index < -0.39 is 0 Å². The molecule has 0 fully saturated rings. The minimum absolute atomic E-state index is 0.208. The first kappa shape index (κ1) is 8.20. The molecule has 0 amide bonds. The van der Waals surface area contributed by atoms with Crippen molar-refractivity contribution in [2.24, 2.45) is 0 Å². The molecule has 0 aliphatic carbocycles. The fraction of sp³-hybridized carbons (Fsp3) is 0. The number of nitrogens with zero attached hydrogens (tertiary/aromatic N) is 4. The molecule has 2 heterocycles. The van der Waals surface area contributed by atoms with Crippen molar-refractivity contribution >= 4 is 29.7 Å². The van der Waals surface area contributed by atoms with Crippen LogP contribution in [0.2, 0.25) is 0 Å². The Hall–Kier alpha value is -1.41. The van der Waals surface area contributed by atoms with Crippen molar-refractivity contribution in [3.63, 3.8) is 0 Å². The van der Waals surface area contributed by atoms with Crippen LogP contribution in [0.15, 0.2) is 6.20 Å². The summed E-state index contributed by atoms with van der Waals surface area (Å²) in [6.07, 6.45) is 1.58. The van der Waals surface area contributed by atoms with Gasteiger partial charge in [0, 0.05) is 0 Å². The molecule has 0 aliphatic heterocycles. The third-order valence-electron chi connectivity index (χ3n) is 1.26. The molecule has 0 saturated carbocycles. The van der Waals surface area contributed by atoms with Crippen molar-refractivity contribution in [2.45, 2.75) is 0 Å².